The van der Waals surface area contributed by atoms with Gasteiger partial charge in [0.1, 0.15) is 12.6 Å². The van der Waals surface area contributed by atoms with Gasteiger partial charge in [-0.25, -0.2) is 9.40 Å². The first-order chi connectivity index (χ1) is 13.2. The molecule has 0 radical (unpaired) electrons. The van der Waals surface area contributed by atoms with E-state index >= 15 is 0 Å². The van der Waals surface area contributed by atoms with Crippen molar-refractivity contribution in [2.24, 2.45) is 5.73 Å². The molecule has 1 aromatic carbocycles. The Kier molecular flexibility index (Phi) is 6.60. The zero-order valence-electron chi connectivity index (χ0n) is 14.7. The molecule has 0 saturated carbocycles. The molecular formula is C17H19F3N4O4. The van der Waals surface area contributed by atoms with Crippen LogP contribution in [0.15, 0.2) is 30.3 Å². The minimum absolute atomic E-state index is 0.0661. The molecule has 0 unspecified atom stereocenters. The first kappa shape index (κ1) is 21.2. The summed E-state index contributed by atoms with van der Waals surface area (Å²) in [6.07, 6.45) is 0.345. The number of carbonyl (C=O) groups is 4. The van der Waals surface area contributed by atoms with E-state index in [1.54, 1.807) is 0 Å². The minimum atomic E-state index is -3.86. The number of likely N-dealkylation sites (tertiary alicyclic amines) is 1. The molecular weight excluding hydrogens is 381 g/mol. The maximum Gasteiger partial charge on any atom is 0.349 e. The van der Waals surface area contributed by atoms with E-state index in [2.05, 4.69) is 0 Å². The SMILES string of the molecule is NC(=O)CN(NC(=O)[C@@H]1CCCN1C(=O)C(F)(F)c1ccccc1)C(=O)CF. The molecule has 1 aliphatic rings. The Morgan fingerprint density at radius 1 is 1.21 bits per heavy atom. The van der Waals surface area contributed by atoms with E-state index in [4.69, 9.17) is 5.73 Å². The van der Waals surface area contributed by atoms with Gasteiger partial charge in [-0.05, 0) is 12.8 Å². The number of amides is 4. The van der Waals surface area contributed by atoms with Crippen LogP contribution in [0.25, 0.3) is 0 Å². The summed E-state index contributed by atoms with van der Waals surface area (Å²) < 4.78 is 41.7. The fraction of sp³-hybridized carbons (Fsp3) is 0.412. The first-order valence-corrected chi connectivity index (χ1v) is 8.38. The fourth-order valence-electron chi connectivity index (χ4n) is 2.86. The molecule has 4 amide bonds. The minimum Gasteiger partial charge on any atom is -0.368 e. The van der Waals surface area contributed by atoms with Gasteiger partial charge in [0.25, 0.3) is 17.7 Å². The second-order valence-electron chi connectivity index (χ2n) is 6.15. The highest BCUT2D eigenvalue weighted by atomic mass is 19.3. The van der Waals surface area contributed by atoms with Crippen LogP contribution in [0.2, 0.25) is 0 Å². The molecule has 1 atom stereocenters. The maximum absolute atomic E-state index is 14.6. The average Bonchev–Trinajstić information content (AvgIpc) is 3.16. The van der Waals surface area contributed by atoms with Crippen LogP contribution in [0.4, 0.5) is 13.2 Å². The third-order valence-electron chi connectivity index (χ3n) is 4.20. The highest BCUT2D eigenvalue weighted by molar-refractivity contribution is 5.93. The van der Waals surface area contributed by atoms with Gasteiger partial charge in [-0.1, -0.05) is 30.3 Å². The number of nitrogens with zero attached hydrogens (tertiary/aromatic N) is 2. The maximum atomic E-state index is 14.6. The predicted octanol–water partition coefficient (Wildman–Crippen LogP) is 0.0840. The van der Waals surface area contributed by atoms with Gasteiger partial charge in [-0.2, -0.15) is 8.78 Å². The Bertz CT molecular complexity index is 760. The molecule has 152 valence electrons. The van der Waals surface area contributed by atoms with E-state index in [0.717, 1.165) is 12.1 Å². The Hall–Kier alpha value is -3.11. The number of hydrazine groups is 1. The van der Waals surface area contributed by atoms with Crippen LogP contribution in [0.3, 0.4) is 0 Å². The summed E-state index contributed by atoms with van der Waals surface area (Å²) in [6, 6.07) is 5.12. The van der Waals surface area contributed by atoms with Gasteiger partial charge in [-0.15, -0.1) is 0 Å². The largest absolute Gasteiger partial charge is 0.368 e. The number of halogens is 3. The summed E-state index contributed by atoms with van der Waals surface area (Å²) in [5, 5.41) is 0.362. The summed E-state index contributed by atoms with van der Waals surface area (Å²) >= 11 is 0. The lowest BCUT2D eigenvalue weighted by Gasteiger charge is -2.30. The van der Waals surface area contributed by atoms with Crippen LogP contribution in [-0.4, -0.2) is 59.3 Å². The lowest BCUT2D eigenvalue weighted by atomic mass is 10.1. The number of benzene rings is 1. The molecule has 1 aliphatic heterocycles. The average molecular weight is 400 g/mol. The van der Waals surface area contributed by atoms with Crippen LogP contribution in [0.5, 0.6) is 0 Å². The lowest BCUT2D eigenvalue weighted by Crippen LogP contribution is -2.57. The topological polar surface area (TPSA) is 113 Å². The summed E-state index contributed by atoms with van der Waals surface area (Å²) in [6.45, 7) is -2.39. The van der Waals surface area contributed by atoms with Crippen molar-refractivity contribution < 1.29 is 32.3 Å². The van der Waals surface area contributed by atoms with Crippen LogP contribution >= 0.6 is 0 Å². The zero-order valence-corrected chi connectivity index (χ0v) is 14.7. The number of alkyl halides is 3. The Balaban J connectivity index is 2.16. The quantitative estimate of drug-likeness (QED) is 0.659. The highest BCUT2D eigenvalue weighted by Crippen LogP contribution is 2.33. The van der Waals surface area contributed by atoms with E-state index in [-0.39, 0.29) is 19.4 Å². The van der Waals surface area contributed by atoms with Crippen molar-refractivity contribution in [3.8, 4) is 0 Å². The monoisotopic (exact) mass is 400 g/mol. The number of carbonyl (C=O) groups excluding carboxylic acids is 4. The molecule has 28 heavy (non-hydrogen) atoms. The Morgan fingerprint density at radius 3 is 2.43 bits per heavy atom. The number of rotatable bonds is 6. The fourth-order valence-corrected chi connectivity index (χ4v) is 2.86. The molecule has 0 spiro atoms. The second-order valence-corrected chi connectivity index (χ2v) is 6.15. The van der Waals surface area contributed by atoms with Gasteiger partial charge in [0, 0.05) is 12.1 Å². The van der Waals surface area contributed by atoms with Gasteiger partial charge in [-0.3, -0.25) is 24.6 Å². The van der Waals surface area contributed by atoms with Crippen LogP contribution in [-0.2, 0) is 25.1 Å². The molecule has 2 rings (SSSR count). The standard InChI is InChI=1S/C17H19F3N4O4/c18-9-14(26)24(10-13(21)25)22-15(27)12-7-4-8-23(12)16(28)17(19,20)11-5-2-1-3-6-11/h1-3,5-6,12H,4,7-10H2,(H2,21,25)(H,22,27)/t12-/m0/s1. The molecule has 1 aromatic rings. The molecule has 1 heterocycles. The molecule has 3 N–H and O–H groups in total. The normalized spacial score (nSPS) is 16.5. The van der Waals surface area contributed by atoms with E-state index in [0.29, 0.717) is 9.91 Å². The van der Waals surface area contributed by atoms with Crippen LogP contribution < -0.4 is 11.2 Å². The number of primary amides is 1. The number of nitrogens with one attached hydrogen (secondary N) is 1. The Morgan fingerprint density at radius 2 is 1.86 bits per heavy atom. The van der Waals surface area contributed by atoms with Gasteiger partial charge in [0.15, 0.2) is 6.67 Å². The van der Waals surface area contributed by atoms with Crippen molar-refractivity contribution in [3.63, 3.8) is 0 Å². The molecule has 0 bridgehead atoms. The third-order valence-corrected chi connectivity index (χ3v) is 4.20. The smallest absolute Gasteiger partial charge is 0.349 e. The van der Waals surface area contributed by atoms with Gasteiger partial charge < -0.3 is 10.6 Å². The molecule has 0 aliphatic carbocycles. The third kappa shape index (κ3) is 4.59. The zero-order chi connectivity index (χ0) is 20.9. The predicted molar refractivity (Wildman–Crippen MR) is 90.1 cm³/mol. The van der Waals surface area contributed by atoms with E-state index in [1.807, 2.05) is 5.43 Å². The number of hydrogen-bond donors (Lipinski definition) is 2. The summed E-state index contributed by atoms with van der Waals surface area (Å²) in [5.74, 6) is -8.66. The highest BCUT2D eigenvalue weighted by Gasteiger charge is 2.48. The molecule has 8 nitrogen and oxygen atoms in total. The molecule has 0 aromatic heterocycles. The van der Waals surface area contributed by atoms with Crippen molar-refractivity contribution in [2.45, 2.75) is 24.8 Å². The van der Waals surface area contributed by atoms with Crippen molar-refractivity contribution in [3.05, 3.63) is 35.9 Å². The van der Waals surface area contributed by atoms with Gasteiger partial charge >= 0.3 is 5.92 Å². The van der Waals surface area contributed by atoms with Crippen molar-refractivity contribution >= 4 is 23.6 Å². The summed E-state index contributed by atoms with van der Waals surface area (Å²) in [5.41, 5.74) is 6.40. The van der Waals surface area contributed by atoms with Crippen molar-refractivity contribution in [2.75, 3.05) is 19.8 Å². The first-order valence-electron chi connectivity index (χ1n) is 8.38. The van der Waals surface area contributed by atoms with Crippen LogP contribution in [0.1, 0.15) is 18.4 Å². The van der Waals surface area contributed by atoms with E-state index < -0.39 is 54.4 Å². The summed E-state index contributed by atoms with van der Waals surface area (Å²) in [4.78, 5) is 48.0. The lowest BCUT2D eigenvalue weighted by molar-refractivity contribution is -0.163. The van der Waals surface area contributed by atoms with Gasteiger partial charge in [0.2, 0.25) is 5.91 Å². The number of nitrogens with two attached hydrogens (primary N) is 1. The van der Waals surface area contributed by atoms with Crippen molar-refractivity contribution in [1.29, 1.82) is 0 Å². The second kappa shape index (κ2) is 8.72. The summed E-state index contributed by atoms with van der Waals surface area (Å²) in [7, 11) is 0. The molecule has 11 heteroatoms. The van der Waals surface area contributed by atoms with Gasteiger partial charge in [0.05, 0.1) is 0 Å². The Labute approximate surface area is 158 Å². The van der Waals surface area contributed by atoms with Crippen molar-refractivity contribution in [1.82, 2.24) is 15.3 Å². The van der Waals surface area contributed by atoms with Crippen LogP contribution in [0, 0.1) is 0 Å². The van der Waals surface area contributed by atoms with E-state index in [9.17, 15) is 32.3 Å². The molecule has 1 fully saturated rings. The molecule has 1 saturated heterocycles. The number of hydrogen-bond acceptors (Lipinski definition) is 4. The van der Waals surface area contributed by atoms with E-state index in [1.165, 1.54) is 18.2 Å².